The quantitative estimate of drug-likeness (QED) is 0.744. The molecule has 0 aliphatic carbocycles. The summed E-state index contributed by atoms with van der Waals surface area (Å²) in [5.41, 5.74) is -0.308. The van der Waals surface area contributed by atoms with E-state index in [2.05, 4.69) is 20.4 Å². The van der Waals surface area contributed by atoms with Crippen LogP contribution in [0.4, 0.5) is 19.0 Å². The van der Waals surface area contributed by atoms with Crippen LogP contribution in [-0.2, 0) is 0 Å². The van der Waals surface area contributed by atoms with Crippen molar-refractivity contribution >= 4 is 23.2 Å². The van der Waals surface area contributed by atoms with Crippen molar-refractivity contribution < 1.29 is 13.2 Å². The highest BCUT2D eigenvalue weighted by atomic mass is 35.5. The van der Waals surface area contributed by atoms with E-state index in [1.54, 1.807) is 0 Å². The van der Waals surface area contributed by atoms with Crippen LogP contribution in [-0.4, -0.2) is 25.6 Å². The van der Waals surface area contributed by atoms with Crippen LogP contribution in [0.15, 0.2) is 18.3 Å². The Morgan fingerprint density at radius 1 is 1.12 bits per heavy atom. The average molecular weight is 370 g/mol. The number of aromatic nitrogens is 4. The summed E-state index contributed by atoms with van der Waals surface area (Å²) in [6.45, 7) is 5.89. The van der Waals surface area contributed by atoms with E-state index in [1.807, 2.05) is 20.8 Å². The smallest absolute Gasteiger partial charge is 0.255 e. The van der Waals surface area contributed by atoms with Crippen LogP contribution in [0.1, 0.15) is 20.8 Å². The maximum atomic E-state index is 14.3. The first-order valence-corrected chi connectivity index (χ1v) is 7.98. The van der Waals surface area contributed by atoms with Crippen LogP contribution in [0.3, 0.4) is 0 Å². The molecule has 0 spiro atoms. The van der Waals surface area contributed by atoms with Crippen molar-refractivity contribution in [1.29, 1.82) is 0 Å². The number of hydrogen-bond acceptors (Lipinski definition) is 4. The number of rotatable bonds is 4. The molecular formula is C16H15ClF3N5. The molecule has 1 aromatic carbocycles. The van der Waals surface area contributed by atoms with Gasteiger partial charge in [-0.25, -0.2) is 18.2 Å². The Labute approximate surface area is 146 Å². The Morgan fingerprint density at radius 3 is 2.36 bits per heavy atom. The molecule has 0 aliphatic rings. The molecule has 1 N–H and O–H groups in total. The zero-order valence-electron chi connectivity index (χ0n) is 13.7. The predicted octanol–water partition coefficient (Wildman–Crippen LogP) is 4.32. The molecule has 9 heteroatoms. The number of fused-ring (bicyclic) bond motifs is 1. The molecule has 0 unspecified atom stereocenters. The van der Waals surface area contributed by atoms with Crippen LogP contribution >= 0.6 is 11.6 Å². The zero-order chi connectivity index (χ0) is 18.3. The topological polar surface area (TPSA) is 55.1 Å². The number of nitrogens with zero attached hydrogens (tertiary/aromatic N) is 4. The van der Waals surface area contributed by atoms with Gasteiger partial charge in [0.1, 0.15) is 23.3 Å². The lowest BCUT2D eigenvalue weighted by atomic mass is 10.0. The van der Waals surface area contributed by atoms with Gasteiger partial charge in [-0.05, 0) is 24.4 Å². The van der Waals surface area contributed by atoms with Crippen molar-refractivity contribution in [3.63, 3.8) is 0 Å². The van der Waals surface area contributed by atoms with Crippen molar-refractivity contribution in [2.24, 2.45) is 5.92 Å². The van der Waals surface area contributed by atoms with Gasteiger partial charge in [0.05, 0.1) is 5.56 Å². The largest absolute Gasteiger partial charge is 0.367 e. The third kappa shape index (κ3) is 3.26. The predicted molar refractivity (Wildman–Crippen MR) is 89.0 cm³/mol. The van der Waals surface area contributed by atoms with Gasteiger partial charge in [0.25, 0.3) is 5.78 Å². The Morgan fingerprint density at radius 2 is 1.76 bits per heavy atom. The highest BCUT2D eigenvalue weighted by Crippen LogP contribution is 2.33. The van der Waals surface area contributed by atoms with Crippen LogP contribution in [0.25, 0.3) is 16.9 Å². The van der Waals surface area contributed by atoms with Gasteiger partial charge in [-0.1, -0.05) is 13.8 Å². The van der Waals surface area contributed by atoms with Crippen LogP contribution in [0.5, 0.6) is 0 Å². The van der Waals surface area contributed by atoms with E-state index in [0.29, 0.717) is 12.1 Å². The van der Waals surface area contributed by atoms with Crippen molar-refractivity contribution in [2.75, 3.05) is 5.32 Å². The third-order valence-corrected chi connectivity index (χ3v) is 4.14. The molecule has 0 amide bonds. The first-order valence-electron chi connectivity index (χ1n) is 7.60. The summed E-state index contributed by atoms with van der Waals surface area (Å²) in [5, 5.41) is 7.13. The van der Waals surface area contributed by atoms with E-state index in [4.69, 9.17) is 11.6 Å². The number of hydrogen-bond donors (Lipinski definition) is 1. The Kier molecular flexibility index (Phi) is 4.55. The van der Waals surface area contributed by atoms with Crippen LogP contribution in [0, 0.1) is 23.4 Å². The van der Waals surface area contributed by atoms with E-state index in [-0.39, 0.29) is 34.4 Å². The number of benzene rings is 1. The maximum Gasteiger partial charge on any atom is 0.255 e. The second-order valence-electron chi connectivity index (χ2n) is 6.03. The fourth-order valence-electron chi connectivity index (χ4n) is 2.31. The van der Waals surface area contributed by atoms with Gasteiger partial charge in [0, 0.05) is 29.9 Å². The summed E-state index contributed by atoms with van der Waals surface area (Å²) in [6.07, 6.45) is 1.26. The molecule has 0 saturated carbocycles. The minimum atomic E-state index is -1.04. The fraction of sp³-hybridized carbons (Fsp3) is 0.312. The molecule has 25 heavy (non-hydrogen) atoms. The summed E-state index contributed by atoms with van der Waals surface area (Å²) in [7, 11) is 0. The summed E-state index contributed by atoms with van der Waals surface area (Å²) in [4.78, 5) is 7.97. The summed E-state index contributed by atoms with van der Waals surface area (Å²) in [6, 6.07) is 1.18. The molecular weight excluding hydrogens is 355 g/mol. The van der Waals surface area contributed by atoms with Crippen molar-refractivity contribution in [3.05, 3.63) is 41.1 Å². The summed E-state index contributed by atoms with van der Waals surface area (Å²) >= 11 is 5.83. The molecule has 2 heterocycles. The molecule has 0 saturated heterocycles. The molecule has 0 fully saturated rings. The van der Waals surface area contributed by atoms with Gasteiger partial charge in [-0.2, -0.15) is 9.50 Å². The minimum absolute atomic E-state index is 0.0510. The van der Waals surface area contributed by atoms with Gasteiger partial charge in [0.15, 0.2) is 0 Å². The van der Waals surface area contributed by atoms with Gasteiger partial charge >= 0.3 is 0 Å². The second-order valence-corrected chi connectivity index (χ2v) is 6.37. The Hall–Kier alpha value is -2.35. The molecule has 0 radical (unpaired) electrons. The molecule has 3 aromatic rings. The van der Waals surface area contributed by atoms with E-state index >= 15 is 0 Å². The number of anilines is 1. The highest BCUT2D eigenvalue weighted by molar-refractivity contribution is 6.28. The molecule has 3 rings (SSSR count). The molecule has 1 atom stereocenters. The third-order valence-electron chi connectivity index (χ3n) is 3.98. The highest BCUT2D eigenvalue weighted by Gasteiger charge is 2.22. The van der Waals surface area contributed by atoms with Crippen molar-refractivity contribution in [3.8, 4) is 11.1 Å². The standard InChI is InChI=1S/C16H15ClF3N5/c1-7(2)8(3)22-14-10(6-21-16-23-15(17)24-25(14)16)13-11(19)4-9(18)5-12(13)20/h4-8,22H,1-3H3/t8-/m1/s1. The monoisotopic (exact) mass is 369 g/mol. The molecule has 5 nitrogen and oxygen atoms in total. The molecule has 0 bridgehead atoms. The van der Waals surface area contributed by atoms with E-state index in [1.165, 1.54) is 10.7 Å². The van der Waals surface area contributed by atoms with Crippen molar-refractivity contribution in [1.82, 2.24) is 19.6 Å². The first kappa shape index (κ1) is 17.5. The second kappa shape index (κ2) is 6.51. The zero-order valence-corrected chi connectivity index (χ0v) is 14.4. The summed E-state index contributed by atoms with van der Waals surface area (Å²) < 4.78 is 43.1. The van der Waals surface area contributed by atoms with Crippen molar-refractivity contribution in [2.45, 2.75) is 26.8 Å². The van der Waals surface area contributed by atoms with E-state index < -0.39 is 23.0 Å². The lowest BCUT2D eigenvalue weighted by molar-refractivity contribution is 0.546. The minimum Gasteiger partial charge on any atom is -0.367 e. The van der Waals surface area contributed by atoms with Gasteiger partial charge in [-0.3, -0.25) is 0 Å². The SMILES string of the molecule is CC(C)[C@@H](C)Nc1c(-c2c(F)cc(F)cc2F)cnc2nc(Cl)nn12. The maximum absolute atomic E-state index is 14.3. The Balaban J connectivity index is 2.28. The molecule has 2 aromatic heterocycles. The van der Waals surface area contributed by atoms with Gasteiger partial charge < -0.3 is 5.32 Å². The van der Waals surface area contributed by atoms with Crippen LogP contribution < -0.4 is 5.32 Å². The number of nitrogens with one attached hydrogen (secondary N) is 1. The van der Waals surface area contributed by atoms with Gasteiger partial charge in [0.2, 0.25) is 5.28 Å². The first-order chi connectivity index (χ1) is 11.8. The molecule has 132 valence electrons. The molecule has 0 aliphatic heterocycles. The fourth-order valence-corrected chi connectivity index (χ4v) is 2.47. The average Bonchev–Trinajstić information content (AvgIpc) is 2.88. The van der Waals surface area contributed by atoms with E-state index in [0.717, 1.165) is 0 Å². The lowest BCUT2D eigenvalue weighted by Gasteiger charge is -2.21. The van der Waals surface area contributed by atoms with Crippen LogP contribution in [0.2, 0.25) is 5.28 Å². The number of halogens is 4. The lowest BCUT2D eigenvalue weighted by Crippen LogP contribution is -2.24. The normalized spacial score (nSPS) is 12.8. The van der Waals surface area contributed by atoms with E-state index in [9.17, 15) is 13.2 Å². The van der Waals surface area contributed by atoms with Gasteiger partial charge in [-0.15, -0.1) is 5.10 Å². The summed E-state index contributed by atoms with van der Waals surface area (Å²) in [5.74, 6) is -2.40. The Bertz CT molecular complexity index is 918.